The Morgan fingerprint density at radius 2 is 1.93 bits per heavy atom. The van der Waals surface area contributed by atoms with Crippen molar-refractivity contribution in [1.29, 1.82) is 0 Å². The molecule has 1 N–H and O–H groups in total. The van der Waals surface area contributed by atoms with E-state index in [9.17, 15) is 4.79 Å². The second kappa shape index (κ2) is 11.6. The molecule has 3 aromatic heterocycles. The summed E-state index contributed by atoms with van der Waals surface area (Å²) in [5.74, 6) is 2.60. The number of anilines is 2. The van der Waals surface area contributed by atoms with Crippen LogP contribution in [-0.2, 0) is 11.3 Å². The van der Waals surface area contributed by atoms with Crippen molar-refractivity contribution in [2.45, 2.75) is 53.2 Å². The summed E-state index contributed by atoms with van der Waals surface area (Å²) in [5, 5.41) is 8.29. The van der Waals surface area contributed by atoms with E-state index >= 15 is 0 Å². The molecule has 0 bridgehead atoms. The van der Waals surface area contributed by atoms with Gasteiger partial charge in [-0.25, -0.2) is 14.3 Å². The molecule has 0 saturated carbocycles. The number of allylic oxidation sites excluding steroid dienone is 2. The lowest BCUT2D eigenvalue weighted by atomic mass is 10.0. The van der Waals surface area contributed by atoms with E-state index in [0.717, 1.165) is 35.4 Å². The second-order valence-electron chi connectivity index (χ2n) is 11.2. The highest BCUT2D eigenvalue weighted by Gasteiger charge is 2.25. The average molecular weight is 572 g/mol. The Labute approximate surface area is 245 Å². The van der Waals surface area contributed by atoms with Gasteiger partial charge in [-0.05, 0) is 52.3 Å². The SMILES string of the molecule is CCC1=CC(c2cc3cnc(Nc4ccc(OC)cc4OC)cc3n2C(=O)OC(C)(C)C)=CN(Cc2cc(C)on2)C1. The normalized spacial score (nSPS) is 13.5. The van der Waals surface area contributed by atoms with Crippen LogP contribution in [0.3, 0.4) is 0 Å². The maximum absolute atomic E-state index is 13.7. The van der Waals surface area contributed by atoms with Gasteiger partial charge in [-0.15, -0.1) is 0 Å². The molecule has 0 saturated heterocycles. The van der Waals surface area contributed by atoms with E-state index in [1.807, 2.05) is 58.0 Å². The van der Waals surface area contributed by atoms with Crippen LogP contribution < -0.4 is 14.8 Å². The van der Waals surface area contributed by atoms with Gasteiger partial charge in [0.25, 0.3) is 0 Å². The molecule has 4 aromatic rings. The number of nitrogens with one attached hydrogen (secondary N) is 1. The van der Waals surface area contributed by atoms with Crippen molar-refractivity contribution in [2.24, 2.45) is 0 Å². The maximum Gasteiger partial charge on any atom is 0.419 e. The third-order valence-electron chi connectivity index (χ3n) is 6.81. The molecule has 1 aromatic carbocycles. The Bertz CT molecular complexity index is 1670. The van der Waals surface area contributed by atoms with Crippen LogP contribution in [0.25, 0.3) is 16.5 Å². The molecule has 0 fully saturated rings. The molecule has 42 heavy (non-hydrogen) atoms. The quantitative estimate of drug-likeness (QED) is 0.238. The predicted octanol–water partition coefficient (Wildman–Crippen LogP) is 7.07. The Morgan fingerprint density at radius 3 is 2.60 bits per heavy atom. The molecular formula is C32H37N5O5. The number of aryl methyl sites for hydroxylation is 1. The first-order chi connectivity index (χ1) is 20.1. The van der Waals surface area contributed by atoms with Crippen LogP contribution >= 0.6 is 0 Å². The van der Waals surface area contributed by atoms with Crippen LogP contribution in [0.4, 0.5) is 16.3 Å². The number of methoxy groups -OCH3 is 2. The summed E-state index contributed by atoms with van der Waals surface area (Å²) in [5.41, 5.74) is 4.39. The molecule has 0 atom stereocenters. The third-order valence-corrected chi connectivity index (χ3v) is 6.81. The van der Waals surface area contributed by atoms with Crippen LogP contribution in [-0.4, -0.2) is 52.1 Å². The number of fused-ring (bicyclic) bond motifs is 1. The molecule has 10 nitrogen and oxygen atoms in total. The molecule has 0 radical (unpaired) electrons. The van der Waals surface area contributed by atoms with Gasteiger partial charge in [-0.2, -0.15) is 0 Å². The van der Waals surface area contributed by atoms with E-state index in [0.29, 0.717) is 40.8 Å². The molecule has 1 aliphatic heterocycles. The Morgan fingerprint density at radius 1 is 1.12 bits per heavy atom. The zero-order valence-corrected chi connectivity index (χ0v) is 25.1. The van der Waals surface area contributed by atoms with E-state index in [1.165, 1.54) is 5.57 Å². The Hall–Kier alpha value is -4.73. The van der Waals surface area contributed by atoms with Crippen molar-refractivity contribution in [2.75, 3.05) is 26.1 Å². The first-order valence-corrected chi connectivity index (χ1v) is 13.9. The molecule has 0 unspecified atom stereocenters. The number of benzene rings is 1. The Kier molecular flexibility index (Phi) is 7.98. The molecule has 0 amide bonds. The van der Waals surface area contributed by atoms with Crippen molar-refractivity contribution in [1.82, 2.24) is 19.6 Å². The number of carbonyl (C=O) groups is 1. The first kappa shape index (κ1) is 28.8. The zero-order chi connectivity index (χ0) is 30.0. The van der Waals surface area contributed by atoms with Crippen molar-refractivity contribution in [3.63, 3.8) is 0 Å². The van der Waals surface area contributed by atoms with Gasteiger partial charge >= 0.3 is 6.09 Å². The molecule has 10 heteroatoms. The van der Waals surface area contributed by atoms with E-state index in [4.69, 9.17) is 18.7 Å². The number of hydrogen-bond donors (Lipinski definition) is 1. The number of ether oxygens (including phenoxy) is 3. The highest BCUT2D eigenvalue weighted by molar-refractivity contribution is 5.97. The minimum atomic E-state index is -0.683. The molecule has 0 spiro atoms. The second-order valence-corrected chi connectivity index (χ2v) is 11.2. The van der Waals surface area contributed by atoms with Crippen molar-refractivity contribution in [3.8, 4) is 11.5 Å². The summed E-state index contributed by atoms with van der Waals surface area (Å²) in [7, 11) is 3.20. The molecule has 220 valence electrons. The maximum atomic E-state index is 13.7. The molecule has 4 heterocycles. The number of rotatable bonds is 8. The number of hydrogen-bond acceptors (Lipinski definition) is 9. The van der Waals surface area contributed by atoms with Crippen molar-refractivity contribution >= 4 is 34.1 Å². The minimum absolute atomic E-state index is 0.469. The number of nitrogens with zero attached hydrogens (tertiary/aromatic N) is 4. The summed E-state index contributed by atoms with van der Waals surface area (Å²) < 4.78 is 23.7. The van der Waals surface area contributed by atoms with E-state index < -0.39 is 11.7 Å². The molecule has 5 rings (SSSR count). The predicted molar refractivity (Wildman–Crippen MR) is 162 cm³/mol. The zero-order valence-electron chi connectivity index (χ0n) is 25.1. The summed E-state index contributed by atoms with van der Waals surface area (Å²) in [4.78, 5) is 20.6. The highest BCUT2D eigenvalue weighted by Crippen LogP contribution is 2.34. The summed E-state index contributed by atoms with van der Waals surface area (Å²) >= 11 is 0. The number of aromatic nitrogens is 3. The lowest BCUT2D eigenvalue weighted by Gasteiger charge is -2.27. The largest absolute Gasteiger partial charge is 0.497 e. The monoisotopic (exact) mass is 571 g/mol. The standard InChI is InChI=1S/C32H37N5O5/c1-8-21-12-23(18-36(17-21)19-24-11-20(2)42-35-24)27-13-22-16-33-30(15-28(22)37(27)31(38)41-32(3,4)5)34-26-10-9-25(39-6)14-29(26)40-7/h9-16,18H,8,17,19H2,1-7H3,(H,33,34). The van der Waals surface area contributed by atoms with Crippen molar-refractivity contribution in [3.05, 3.63) is 77.6 Å². The third kappa shape index (κ3) is 6.27. The lowest BCUT2D eigenvalue weighted by Crippen LogP contribution is -2.28. The van der Waals surface area contributed by atoms with E-state index in [-0.39, 0.29) is 0 Å². The van der Waals surface area contributed by atoms with Gasteiger partial charge in [-0.3, -0.25) is 0 Å². The van der Waals surface area contributed by atoms with E-state index in [2.05, 4.69) is 39.6 Å². The van der Waals surface area contributed by atoms with Crippen LogP contribution in [0.15, 0.2) is 65.0 Å². The van der Waals surface area contributed by atoms with E-state index in [1.54, 1.807) is 31.0 Å². The number of pyridine rings is 1. The van der Waals surface area contributed by atoms with Gasteiger partial charge in [0, 0.05) is 48.1 Å². The van der Waals surface area contributed by atoms with Gasteiger partial charge in [0.2, 0.25) is 0 Å². The van der Waals surface area contributed by atoms with Gasteiger partial charge in [0.1, 0.15) is 34.4 Å². The van der Waals surface area contributed by atoms with Gasteiger partial charge in [0.15, 0.2) is 0 Å². The minimum Gasteiger partial charge on any atom is -0.497 e. The van der Waals surface area contributed by atoms with Crippen LogP contribution in [0.1, 0.15) is 51.3 Å². The fraction of sp³-hybridized carbons (Fsp3) is 0.344. The average Bonchev–Trinajstić information content (AvgIpc) is 3.54. The fourth-order valence-corrected chi connectivity index (χ4v) is 4.89. The molecule has 1 aliphatic rings. The topological polar surface area (TPSA) is 104 Å². The first-order valence-electron chi connectivity index (χ1n) is 13.9. The molecular weight excluding hydrogens is 534 g/mol. The van der Waals surface area contributed by atoms with Gasteiger partial charge in [0.05, 0.1) is 37.7 Å². The lowest BCUT2D eigenvalue weighted by molar-refractivity contribution is 0.0543. The number of carbonyl (C=O) groups excluding carboxylic acids is 1. The van der Waals surface area contributed by atoms with Crippen LogP contribution in [0.5, 0.6) is 11.5 Å². The van der Waals surface area contributed by atoms with Crippen molar-refractivity contribution < 1.29 is 23.5 Å². The van der Waals surface area contributed by atoms with Gasteiger partial charge < -0.3 is 29.0 Å². The van der Waals surface area contributed by atoms with Crippen LogP contribution in [0.2, 0.25) is 0 Å². The highest BCUT2D eigenvalue weighted by atomic mass is 16.6. The summed E-state index contributed by atoms with van der Waals surface area (Å²) in [6.07, 6.45) is 6.37. The smallest absolute Gasteiger partial charge is 0.419 e. The van der Waals surface area contributed by atoms with Gasteiger partial charge in [-0.1, -0.05) is 23.7 Å². The fourth-order valence-electron chi connectivity index (χ4n) is 4.89. The Balaban J connectivity index is 1.59. The summed E-state index contributed by atoms with van der Waals surface area (Å²) in [6.45, 7) is 10.9. The summed E-state index contributed by atoms with van der Waals surface area (Å²) in [6, 6.07) is 11.2. The van der Waals surface area contributed by atoms with Crippen LogP contribution in [0, 0.1) is 6.92 Å². The molecule has 0 aliphatic carbocycles.